The summed E-state index contributed by atoms with van der Waals surface area (Å²) in [6, 6.07) is 0. The van der Waals surface area contributed by atoms with Gasteiger partial charge in [0.2, 0.25) is 0 Å². The maximum absolute atomic E-state index is 11.4. The van der Waals surface area contributed by atoms with Gasteiger partial charge in [0.15, 0.2) is 5.13 Å². The Kier molecular flexibility index (Phi) is 5.14. The molecule has 0 spiro atoms. The van der Waals surface area contributed by atoms with E-state index in [-0.39, 0.29) is 0 Å². The normalized spacial score (nSPS) is 17.3. The lowest BCUT2D eigenvalue weighted by Crippen LogP contribution is -2.37. The Morgan fingerprint density at radius 3 is 2.78 bits per heavy atom. The monoisotopic (exact) mass is 287 g/mol. The summed E-state index contributed by atoms with van der Waals surface area (Å²) >= 11 is 1.79. The van der Waals surface area contributed by atoms with Gasteiger partial charge in [-0.15, -0.1) is 11.3 Å². The fourth-order valence-corrected chi connectivity index (χ4v) is 4.29. The molecule has 6 heteroatoms. The van der Waals surface area contributed by atoms with Crippen LogP contribution >= 0.6 is 11.3 Å². The molecular weight excluding hydrogens is 266 g/mol. The van der Waals surface area contributed by atoms with Crippen molar-refractivity contribution in [3.8, 4) is 0 Å². The molecule has 18 heavy (non-hydrogen) atoms. The standard InChI is InChI=1S/C12H21N3OS2/c1-3-4-10-11(9-13-2)17-12(14-10)15-5-7-18(16)8-6-15/h13H,3-9H2,1-2H3. The third-order valence-electron chi connectivity index (χ3n) is 3.04. The second-order valence-corrected chi connectivity index (χ2v) is 7.24. The molecule has 0 atom stereocenters. The van der Waals surface area contributed by atoms with Crippen LogP contribution in [0.3, 0.4) is 0 Å². The first-order valence-electron chi connectivity index (χ1n) is 6.47. The molecule has 0 aliphatic carbocycles. The number of aryl methyl sites for hydroxylation is 1. The smallest absolute Gasteiger partial charge is 0.185 e. The molecule has 2 rings (SSSR count). The molecule has 1 aliphatic heterocycles. The van der Waals surface area contributed by atoms with E-state index in [1.54, 1.807) is 11.3 Å². The Morgan fingerprint density at radius 2 is 2.17 bits per heavy atom. The zero-order valence-electron chi connectivity index (χ0n) is 11.1. The van der Waals surface area contributed by atoms with Crippen molar-refractivity contribution in [1.82, 2.24) is 10.3 Å². The first-order chi connectivity index (χ1) is 8.74. The van der Waals surface area contributed by atoms with E-state index in [0.29, 0.717) is 0 Å². The van der Waals surface area contributed by atoms with Crippen LogP contribution < -0.4 is 10.2 Å². The molecule has 102 valence electrons. The van der Waals surface area contributed by atoms with Crippen molar-refractivity contribution in [3.63, 3.8) is 0 Å². The Labute approximate surface area is 115 Å². The molecule has 0 amide bonds. The highest BCUT2D eigenvalue weighted by molar-refractivity contribution is 7.85. The van der Waals surface area contributed by atoms with Crippen molar-refractivity contribution in [2.24, 2.45) is 0 Å². The summed E-state index contributed by atoms with van der Waals surface area (Å²) in [5.74, 6) is 1.56. The third kappa shape index (κ3) is 3.30. The van der Waals surface area contributed by atoms with Crippen LogP contribution in [0.2, 0.25) is 0 Å². The van der Waals surface area contributed by atoms with Gasteiger partial charge in [0.1, 0.15) is 0 Å². The number of hydrogen-bond acceptors (Lipinski definition) is 5. The van der Waals surface area contributed by atoms with E-state index in [1.807, 2.05) is 7.05 Å². The van der Waals surface area contributed by atoms with Crippen molar-refractivity contribution in [2.75, 3.05) is 36.5 Å². The lowest BCUT2D eigenvalue weighted by atomic mass is 10.2. The summed E-state index contributed by atoms with van der Waals surface area (Å²) in [6.45, 7) is 4.84. The minimum absolute atomic E-state index is 0.617. The lowest BCUT2D eigenvalue weighted by molar-refractivity contribution is 0.673. The van der Waals surface area contributed by atoms with Gasteiger partial charge in [-0.1, -0.05) is 13.3 Å². The van der Waals surface area contributed by atoms with Crippen molar-refractivity contribution in [2.45, 2.75) is 26.3 Å². The number of nitrogens with one attached hydrogen (secondary N) is 1. The van der Waals surface area contributed by atoms with Crippen LogP contribution in [0.25, 0.3) is 0 Å². The zero-order valence-corrected chi connectivity index (χ0v) is 12.7. The first-order valence-corrected chi connectivity index (χ1v) is 8.78. The van der Waals surface area contributed by atoms with Crippen LogP contribution in [0.4, 0.5) is 5.13 Å². The molecular formula is C12H21N3OS2. The molecule has 1 fully saturated rings. The summed E-state index contributed by atoms with van der Waals surface area (Å²) in [5.41, 5.74) is 1.23. The van der Waals surface area contributed by atoms with E-state index in [9.17, 15) is 4.21 Å². The fraction of sp³-hybridized carbons (Fsp3) is 0.750. The lowest BCUT2D eigenvalue weighted by Gasteiger charge is -2.25. The van der Waals surface area contributed by atoms with Crippen molar-refractivity contribution >= 4 is 27.3 Å². The van der Waals surface area contributed by atoms with Gasteiger partial charge in [0, 0.05) is 46.8 Å². The average Bonchev–Trinajstić information content (AvgIpc) is 2.75. The Bertz CT molecular complexity index is 386. The Morgan fingerprint density at radius 1 is 1.44 bits per heavy atom. The number of nitrogens with zero attached hydrogens (tertiary/aromatic N) is 2. The molecule has 1 aliphatic rings. The highest BCUT2D eigenvalue weighted by Crippen LogP contribution is 2.28. The fourth-order valence-electron chi connectivity index (χ4n) is 2.06. The summed E-state index contributed by atoms with van der Waals surface area (Å²) in [4.78, 5) is 8.40. The highest BCUT2D eigenvalue weighted by Gasteiger charge is 2.20. The predicted octanol–water partition coefficient (Wildman–Crippen LogP) is 1.38. The van der Waals surface area contributed by atoms with Crippen LogP contribution in [0.1, 0.15) is 23.9 Å². The number of aromatic nitrogens is 1. The molecule has 1 saturated heterocycles. The zero-order chi connectivity index (χ0) is 13.0. The molecule has 0 saturated carbocycles. The molecule has 0 bridgehead atoms. The van der Waals surface area contributed by atoms with Gasteiger partial charge in [-0.2, -0.15) is 0 Å². The Hall–Kier alpha value is -0.460. The second kappa shape index (κ2) is 6.63. The van der Waals surface area contributed by atoms with Crippen LogP contribution in [-0.4, -0.2) is 40.8 Å². The molecule has 1 N–H and O–H groups in total. The van der Waals surface area contributed by atoms with E-state index < -0.39 is 10.8 Å². The number of thiazole rings is 1. The van der Waals surface area contributed by atoms with Gasteiger partial charge in [0.25, 0.3) is 0 Å². The van der Waals surface area contributed by atoms with Gasteiger partial charge < -0.3 is 10.2 Å². The minimum atomic E-state index is -0.617. The number of anilines is 1. The van der Waals surface area contributed by atoms with Crippen molar-refractivity contribution in [1.29, 1.82) is 0 Å². The van der Waals surface area contributed by atoms with E-state index in [0.717, 1.165) is 49.1 Å². The average molecular weight is 287 g/mol. The van der Waals surface area contributed by atoms with Gasteiger partial charge in [0.05, 0.1) is 5.69 Å². The second-order valence-electron chi connectivity index (χ2n) is 4.48. The number of rotatable bonds is 5. The third-order valence-corrected chi connectivity index (χ3v) is 5.47. The van der Waals surface area contributed by atoms with Crippen LogP contribution in [0.15, 0.2) is 0 Å². The molecule has 4 nitrogen and oxygen atoms in total. The van der Waals surface area contributed by atoms with Crippen LogP contribution in [-0.2, 0) is 23.8 Å². The van der Waals surface area contributed by atoms with Crippen LogP contribution in [0, 0.1) is 0 Å². The molecule has 0 unspecified atom stereocenters. The summed E-state index contributed by atoms with van der Waals surface area (Å²) < 4.78 is 11.4. The van der Waals surface area contributed by atoms with E-state index in [4.69, 9.17) is 4.98 Å². The molecule has 1 aromatic rings. The van der Waals surface area contributed by atoms with E-state index in [2.05, 4.69) is 17.1 Å². The number of hydrogen-bond donors (Lipinski definition) is 1. The topological polar surface area (TPSA) is 45.2 Å². The van der Waals surface area contributed by atoms with E-state index in [1.165, 1.54) is 10.6 Å². The summed E-state index contributed by atoms with van der Waals surface area (Å²) in [5, 5.41) is 4.32. The van der Waals surface area contributed by atoms with Crippen molar-refractivity contribution < 1.29 is 4.21 Å². The Balaban J connectivity index is 2.12. The van der Waals surface area contributed by atoms with Crippen molar-refractivity contribution in [3.05, 3.63) is 10.6 Å². The summed E-state index contributed by atoms with van der Waals surface area (Å²) in [6.07, 6.45) is 2.18. The molecule has 1 aromatic heterocycles. The molecule has 0 radical (unpaired) electrons. The van der Waals surface area contributed by atoms with Gasteiger partial charge in [-0.3, -0.25) is 4.21 Å². The molecule has 0 aromatic carbocycles. The minimum Gasteiger partial charge on any atom is -0.346 e. The quantitative estimate of drug-likeness (QED) is 0.889. The van der Waals surface area contributed by atoms with Gasteiger partial charge in [-0.25, -0.2) is 4.98 Å². The van der Waals surface area contributed by atoms with Gasteiger partial charge in [-0.05, 0) is 13.5 Å². The summed E-state index contributed by atoms with van der Waals surface area (Å²) in [7, 11) is 1.35. The highest BCUT2D eigenvalue weighted by atomic mass is 32.2. The SMILES string of the molecule is CCCc1nc(N2CCS(=O)CC2)sc1CNC. The van der Waals surface area contributed by atoms with Crippen LogP contribution in [0.5, 0.6) is 0 Å². The largest absolute Gasteiger partial charge is 0.346 e. The maximum Gasteiger partial charge on any atom is 0.185 e. The molecule has 2 heterocycles. The van der Waals surface area contributed by atoms with Gasteiger partial charge >= 0.3 is 0 Å². The predicted molar refractivity (Wildman–Crippen MR) is 79.0 cm³/mol. The maximum atomic E-state index is 11.4. The van der Waals surface area contributed by atoms with E-state index >= 15 is 0 Å². The first kappa shape index (κ1) is 14.0.